The molecule has 116 valence electrons. The third-order valence-corrected chi connectivity index (χ3v) is 4.44. The first kappa shape index (κ1) is 14.6. The number of para-hydroxylation sites is 1. The highest BCUT2D eigenvalue weighted by atomic mass is 32.2. The van der Waals surface area contributed by atoms with Crippen molar-refractivity contribution in [2.45, 2.75) is 11.6 Å². The standard InChI is InChI=1S/C17H12N6S/c18-8-4-10-24-17-20-14-7-2-1-6-13(14)16-21-15(22-23(16)17)12-5-3-9-19-11-12/h1-3,5-7,9,11H,4,10H2. The van der Waals surface area contributed by atoms with Crippen LogP contribution in [0, 0.1) is 11.3 Å². The summed E-state index contributed by atoms with van der Waals surface area (Å²) in [5, 5.41) is 15.1. The fourth-order valence-corrected chi connectivity index (χ4v) is 3.22. The lowest BCUT2D eigenvalue weighted by Gasteiger charge is -2.04. The van der Waals surface area contributed by atoms with Gasteiger partial charge in [0.1, 0.15) is 0 Å². The van der Waals surface area contributed by atoms with Crippen LogP contribution in [0.2, 0.25) is 0 Å². The van der Waals surface area contributed by atoms with Gasteiger partial charge in [0.05, 0.1) is 11.6 Å². The van der Waals surface area contributed by atoms with Gasteiger partial charge >= 0.3 is 0 Å². The van der Waals surface area contributed by atoms with Gasteiger partial charge in [-0.3, -0.25) is 4.98 Å². The fraction of sp³-hybridized carbons (Fsp3) is 0.118. The van der Waals surface area contributed by atoms with E-state index in [0.717, 1.165) is 27.3 Å². The van der Waals surface area contributed by atoms with Crippen molar-refractivity contribution in [1.82, 2.24) is 24.6 Å². The number of benzene rings is 1. The molecular formula is C17H12N6S. The zero-order valence-electron chi connectivity index (χ0n) is 12.6. The zero-order chi connectivity index (χ0) is 16.4. The van der Waals surface area contributed by atoms with Crippen LogP contribution < -0.4 is 0 Å². The van der Waals surface area contributed by atoms with Crippen molar-refractivity contribution in [3.05, 3.63) is 48.8 Å². The number of fused-ring (bicyclic) bond motifs is 3. The summed E-state index contributed by atoms with van der Waals surface area (Å²) in [6.45, 7) is 0. The molecule has 4 aromatic rings. The molecule has 0 aliphatic rings. The third kappa shape index (κ3) is 2.57. The summed E-state index contributed by atoms with van der Waals surface area (Å²) in [7, 11) is 0. The quantitative estimate of drug-likeness (QED) is 0.324. The highest BCUT2D eigenvalue weighted by Gasteiger charge is 2.14. The SMILES string of the molecule is N#CCCSc1nc2ccccc2c2nc(-c3cccnc3)nn12. The van der Waals surface area contributed by atoms with Gasteiger partial charge in [-0.15, -0.1) is 5.10 Å². The maximum Gasteiger partial charge on any atom is 0.191 e. The first-order valence-corrected chi connectivity index (χ1v) is 8.41. The molecule has 0 N–H and O–H groups in total. The molecule has 24 heavy (non-hydrogen) atoms. The number of aromatic nitrogens is 5. The smallest absolute Gasteiger partial charge is 0.191 e. The van der Waals surface area contributed by atoms with Gasteiger partial charge in [0.25, 0.3) is 0 Å². The van der Waals surface area contributed by atoms with Crippen molar-refractivity contribution in [1.29, 1.82) is 5.26 Å². The molecule has 3 heterocycles. The molecule has 0 saturated carbocycles. The minimum absolute atomic E-state index is 0.463. The van der Waals surface area contributed by atoms with Crippen molar-refractivity contribution in [2.24, 2.45) is 0 Å². The second-order valence-corrected chi connectivity index (χ2v) is 6.14. The molecule has 0 saturated heterocycles. The van der Waals surface area contributed by atoms with E-state index in [1.54, 1.807) is 16.9 Å². The Labute approximate surface area is 142 Å². The Morgan fingerprint density at radius 3 is 2.88 bits per heavy atom. The van der Waals surface area contributed by atoms with E-state index in [9.17, 15) is 0 Å². The molecule has 0 bridgehead atoms. The van der Waals surface area contributed by atoms with Gasteiger partial charge in [0, 0.05) is 35.5 Å². The van der Waals surface area contributed by atoms with Crippen LogP contribution >= 0.6 is 11.8 Å². The number of nitrogens with zero attached hydrogens (tertiary/aromatic N) is 6. The van der Waals surface area contributed by atoms with Gasteiger partial charge in [-0.1, -0.05) is 23.9 Å². The van der Waals surface area contributed by atoms with Crippen LogP contribution in [0.5, 0.6) is 0 Å². The molecule has 0 aliphatic carbocycles. The molecule has 0 fully saturated rings. The number of pyridine rings is 1. The number of nitriles is 1. The van der Waals surface area contributed by atoms with Gasteiger partial charge in [0.15, 0.2) is 16.6 Å². The highest BCUT2D eigenvalue weighted by molar-refractivity contribution is 7.99. The van der Waals surface area contributed by atoms with Gasteiger partial charge in [-0.05, 0) is 24.3 Å². The monoisotopic (exact) mass is 332 g/mol. The fourth-order valence-electron chi connectivity index (χ4n) is 2.43. The Morgan fingerprint density at radius 1 is 1.12 bits per heavy atom. The number of hydrogen-bond acceptors (Lipinski definition) is 6. The van der Waals surface area contributed by atoms with Crippen LogP contribution in [0.1, 0.15) is 6.42 Å². The van der Waals surface area contributed by atoms with Crippen molar-refractivity contribution in [3.8, 4) is 17.5 Å². The average Bonchev–Trinajstić information content (AvgIpc) is 3.09. The van der Waals surface area contributed by atoms with Crippen molar-refractivity contribution in [3.63, 3.8) is 0 Å². The van der Waals surface area contributed by atoms with Gasteiger partial charge in [0.2, 0.25) is 0 Å². The summed E-state index contributed by atoms with van der Waals surface area (Å²) in [5.41, 5.74) is 2.49. The molecule has 1 aromatic carbocycles. The molecule has 0 amide bonds. The summed E-state index contributed by atoms with van der Waals surface area (Å²) in [6.07, 6.45) is 3.93. The molecule has 0 aliphatic heterocycles. The third-order valence-electron chi connectivity index (χ3n) is 3.51. The van der Waals surface area contributed by atoms with Crippen LogP contribution in [0.3, 0.4) is 0 Å². The molecule has 0 radical (unpaired) electrons. The minimum atomic E-state index is 0.463. The number of hydrogen-bond donors (Lipinski definition) is 0. The maximum absolute atomic E-state index is 8.76. The summed E-state index contributed by atoms with van der Waals surface area (Å²) in [4.78, 5) is 13.5. The van der Waals surface area contributed by atoms with E-state index in [-0.39, 0.29) is 0 Å². The second-order valence-electron chi connectivity index (χ2n) is 5.08. The highest BCUT2D eigenvalue weighted by Crippen LogP contribution is 2.26. The van der Waals surface area contributed by atoms with Gasteiger partial charge in [-0.25, -0.2) is 9.97 Å². The van der Waals surface area contributed by atoms with Crippen molar-refractivity contribution < 1.29 is 0 Å². The summed E-state index contributed by atoms with van der Waals surface area (Å²) >= 11 is 1.51. The topological polar surface area (TPSA) is 79.8 Å². The Bertz CT molecular complexity index is 1050. The summed E-state index contributed by atoms with van der Waals surface area (Å²) in [5.74, 6) is 1.28. The molecule has 3 aromatic heterocycles. The first-order chi connectivity index (χ1) is 11.9. The van der Waals surface area contributed by atoms with E-state index in [4.69, 9.17) is 10.2 Å². The van der Waals surface area contributed by atoms with Crippen molar-refractivity contribution >= 4 is 28.3 Å². The van der Waals surface area contributed by atoms with Gasteiger partial charge < -0.3 is 0 Å². The van der Waals surface area contributed by atoms with Crippen LogP contribution in [0.25, 0.3) is 27.9 Å². The van der Waals surface area contributed by atoms with Crippen LogP contribution in [-0.4, -0.2) is 30.3 Å². The lowest BCUT2D eigenvalue weighted by Crippen LogP contribution is -1.98. The molecule has 7 heteroatoms. The van der Waals surface area contributed by atoms with E-state index >= 15 is 0 Å². The Balaban J connectivity index is 1.93. The Hall–Kier alpha value is -2.98. The largest absolute Gasteiger partial charge is 0.264 e. The lowest BCUT2D eigenvalue weighted by molar-refractivity contribution is 0.811. The lowest BCUT2D eigenvalue weighted by atomic mass is 10.2. The van der Waals surface area contributed by atoms with E-state index in [2.05, 4.69) is 21.1 Å². The predicted octanol–water partition coefficient (Wildman–Crippen LogP) is 3.35. The zero-order valence-corrected chi connectivity index (χ0v) is 13.4. The van der Waals surface area contributed by atoms with Gasteiger partial charge in [-0.2, -0.15) is 9.78 Å². The summed E-state index contributed by atoms with van der Waals surface area (Å²) < 4.78 is 1.76. The molecule has 6 nitrogen and oxygen atoms in total. The maximum atomic E-state index is 8.76. The average molecular weight is 332 g/mol. The minimum Gasteiger partial charge on any atom is -0.264 e. The number of thioether (sulfide) groups is 1. The van der Waals surface area contributed by atoms with Crippen LogP contribution in [0.15, 0.2) is 53.9 Å². The second kappa shape index (κ2) is 6.26. The molecular weight excluding hydrogens is 320 g/mol. The Kier molecular flexibility index (Phi) is 3.81. The summed E-state index contributed by atoms with van der Waals surface area (Å²) in [6, 6.07) is 13.8. The first-order valence-electron chi connectivity index (χ1n) is 7.42. The molecule has 0 unspecified atom stereocenters. The molecule has 0 atom stereocenters. The van der Waals surface area contributed by atoms with E-state index in [0.29, 0.717) is 18.0 Å². The van der Waals surface area contributed by atoms with Crippen LogP contribution in [0.4, 0.5) is 0 Å². The molecule has 0 spiro atoms. The van der Waals surface area contributed by atoms with Crippen molar-refractivity contribution in [2.75, 3.05) is 5.75 Å². The predicted molar refractivity (Wildman–Crippen MR) is 92.5 cm³/mol. The molecule has 4 rings (SSSR count). The normalized spacial score (nSPS) is 11.0. The van der Waals surface area contributed by atoms with E-state index in [1.165, 1.54) is 11.8 Å². The van der Waals surface area contributed by atoms with E-state index < -0.39 is 0 Å². The van der Waals surface area contributed by atoms with Crippen LogP contribution in [-0.2, 0) is 0 Å². The number of rotatable bonds is 4. The Morgan fingerprint density at radius 2 is 2.04 bits per heavy atom. The van der Waals surface area contributed by atoms with E-state index in [1.807, 2.05) is 36.4 Å².